The van der Waals surface area contributed by atoms with E-state index in [4.69, 9.17) is 17.3 Å². The third-order valence-corrected chi connectivity index (χ3v) is 2.98. The fourth-order valence-corrected chi connectivity index (χ4v) is 1.80. The van der Waals surface area contributed by atoms with Crippen molar-refractivity contribution in [3.05, 3.63) is 58.9 Å². The van der Waals surface area contributed by atoms with Crippen molar-refractivity contribution in [1.29, 1.82) is 0 Å². The summed E-state index contributed by atoms with van der Waals surface area (Å²) < 4.78 is 0. The van der Waals surface area contributed by atoms with Crippen LogP contribution < -0.4 is 11.1 Å². The van der Waals surface area contributed by atoms with E-state index < -0.39 is 0 Å². The van der Waals surface area contributed by atoms with E-state index in [2.05, 4.69) is 10.3 Å². The highest BCUT2D eigenvalue weighted by molar-refractivity contribution is 6.33. The fraction of sp³-hybridized carbons (Fsp3) is 0.143. The number of hydrogen-bond donors (Lipinski definition) is 2. The van der Waals surface area contributed by atoms with E-state index in [-0.39, 0.29) is 5.91 Å². The molecule has 0 atom stereocenters. The molecule has 0 saturated carbocycles. The van der Waals surface area contributed by atoms with Gasteiger partial charge in [0.25, 0.3) is 5.91 Å². The van der Waals surface area contributed by atoms with Crippen molar-refractivity contribution in [3.63, 3.8) is 0 Å². The Balaban J connectivity index is 1.89. The zero-order chi connectivity index (χ0) is 13.7. The van der Waals surface area contributed by atoms with Crippen molar-refractivity contribution in [2.24, 2.45) is 0 Å². The van der Waals surface area contributed by atoms with Crippen LogP contribution in [-0.2, 0) is 6.42 Å². The molecule has 1 amide bonds. The van der Waals surface area contributed by atoms with Crippen molar-refractivity contribution in [3.8, 4) is 0 Å². The number of anilines is 1. The third-order valence-electron chi connectivity index (χ3n) is 2.66. The third kappa shape index (κ3) is 3.69. The highest BCUT2D eigenvalue weighted by Crippen LogP contribution is 2.19. The Morgan fingerprint density at radius 3 is 2.84 bits per heavy atom. The summed E-state index contributed by atoms with van der Waals surface area (Å²) in [6.07, 6.45) is 2.42. The molecule has 2 aromatic rings. The molecule has 1 aromatic heterocycles. The van der Waals surface area contributed by atoms with E-state index in [9.17, 15) is 4.79 Å². The van der Waals surface area contributed by atoms with Gasteiger partial charge in [-0.25, -0.2) is 0 Å². The second kappa shape index (κ2) is 6.20. The maximum absolute atomic E-state index is 11.9. The summed E-state index contributed by atoms with van der Waals surface area (Å²) >= 11 is 5.87. The Morgan fingerprint density at radius 1 is 1.32 bits per heavy atom. The largest absolute Gasteiger partial charge is 0.398 e. The van der Waals surface area contributed by atoms with Crippen LogP contribution in [0.5, 0.6) is 0 Å². The average molecular weight is 276 g/mol. The van der Waals surface area contributed by atoms with Gasteiger partial charge in [0.05, 0.1) is 10.7 Å². The number of amides is 1. The molecule has 0 bridgehead atoms. The van der Waals surface area contributed by atoms with Gasteiger partial charge in [-0.2, -0.15) is 0 Å². The van der Waals surface area contributed by atoms with Gasteiger partial charge in [0.1, 0.15) is 0 Å². The predicted octanol–water partition coefficient (Wildman–Crippen LogP) is 2.29. The summed E-state index contributed by atoms with van der Waals surface area (Å²) in [7, 11) is 0. The molecule has 1 aromatic carbocycles. The van der Waals surface area contributed by atoms with Crippen molar-refractivity contribution in [2.45, 2.75) is 6.42 Å². The molecule has 0 aliphatic rings. The Hall–Kier alpha value is -2.07. The Bertz CT molecular complexity index is 572. The first-order valence-corrected chi connectivity index (χ1v) is 6.28. The van der Waals surface area contributed by atoms with Crippen LogP contribution in [0, 0.1) is 0 Å². The first kappa shape index (κ1) is 13.4. The SMILES string of the molecule is Nc1ccc(C(=O)NCCc2ccccn2)cc1Cl. The number of rotatable bonds is 4. The minimum absolute atomic E-state index is 0.169. The molecular formula is C14H14ClN3O. The average Bonchev–Trinajstić information content (AvgIpc) is 2.43. The number of nitrogens with zero attached hydrogens (tertiary/aromatic N) is 1. The zero-order valence-electron chi connectivity index (χ0n) is 10.3. The van der Waals surface area contributed by atoms with Crippen LogP contribution >= 0.6 is 11.6 Å². The highest BCUT2D eigenvalue weighted by Gasteiger charge is 2.07. The van der Waals surface area contributed by atoms with Gasteiger partial charge >= 0.3 is 0 Å². The van der Waals surface area contributed by atoms with Gasteiger partial charge in [-0.15, -0.1) is 0 Å². The number of hydrogen-bond acceptors (Lipinski definition) is 3. The maximum Gasteiger partial charge on any atom is 0.251 e. The van der Waals surface area contributed by atoms with E-state index in [1.165, 1.54) is 0 Å². The Labute approximate surface area is 116 Å². The molecule has 0 spiro atoms. The molecule has 0 aliphatic heterocycles. The van der Waals surface area contributed by atoms with E-state index in [0.29, 0.717) is 29.2 Å². The molecule has 0 unspecified atom stereocenters. The first-order chi connectivity index (χ1) is 9.16. The Morgan fingerprint density at radius 2 is 2.16 bits per heavy atom. The fourth-order valence-electron chi connectivity index (χ4n) is 1.62. The number of halogens is 1. The standard InChI is InChI=1S/C14H14ClN3O/c15-12-9-10(4-5-13(12)16)14(19)18-8-6-11-3-1-2-7-17-11/h1-5,7,9H,6,8,16H2,(H,18,19). The predicted molar refractivity (Wildman–Crippen MR) is 76.1 cm³/mol. The molecule has 1 heterocycles. The maximum atomic E-state index is 11.9. The molecule has 2 rings (SSSR count). The van der Waals surface area contributed by atoms with Crippen LogP contribution in [0.25, 0.3) is 0 Å². The summed E-state index contributed by atoms with van der Waals surface area (Å²) in [5, 5.41) is 3.20. The second-order valence-corrected chi connectivity index (χ2v) is 4.47. The van der Waals surface area contributed by atoms with Crippen LogP contribution in [0.15, 0.2) is 42.6 Å². The topological polar surface area (TPSA) is 68.0 Å². The molecule has 0 fully saturated rings. The highest BCUT2D eigenvalue weighted by atomic mass is 35.5. The van der Waals surface area contributed by atoms with Crippen molar-refractivity contribution in [1.82, 2.24) is 10.3 Å². The normalized spacial score (nSPS) is 10.2. The number of carbonyl (C=O) groups is 1. The quantitative estimate of drug-likeness (QED) is 0.841. The Kier molecular flexibility index (Phi) is 4.36. The molecule has 0 radical (unpaired) electrons. The van der Waals surface area contributed by atoms with Crippen molar-refractivity contribution >= 4 is 23.2 Å². The number of nitrogens with two attached hydrogens (primary N) is 1. The summed E-state index contributed by atoms with van der Waals surface area (Å²) in [6.45, 7) is 0.526. The summed E-state index contributed by atoms with van der Waals surface area (Å²) in [6, 6.07) is 10.5. The molecular weight excluding hydrogens is 262 g/mol. The lowest BCUT2D eigenvalue weighted by atomic mass is 10.2. The number of nitrogen functional groups attached to an aromatic ring is 1. The minimum Gasteiger partial charge on any atom is -0.398 e. The first-order valence-electron chi connectivity index (χ1n) is 5.90. The molecule has 4 nitrogen and oxygen atoms in total. The number of nitrogens with one attached hydrogen (secondary N) is 1. The lowest BCUT2D eigenvalue weighted by Crippen LogP contribution is -2.25. The van der Waals surface area contributed by atoms with Crippen LogP contribution in [-0.4, -0.2) is 17.4 Å². The molecule has 3 N–H and O–H groups in total. The lowest BCUT2D eigenvalue weighted by molar-refractivity contribution is 0.0954. The van der Waals surface area contributed by atoms with E-state index >= 15 is 0 Å². The number of benzene rings is 1. The van der Waals surface area contributed by atoms with Crippen molar-refractivity contribution < 1.29 is 4.79 Å². The summed E-state index contributed by atoms with van der Waals surface area (Å²) in [4.78, 5) is 16.1. The number of pyridine rings is 1. The van der Waals surface area contributed by atoms with Crippen LogP contribution in [0.1, 0.15) is 16.1 Å². The van der Waals surface area contributed by atoms with Gasteiger partial charge in [0.2, 0.25) is 0 Å². The van der Waals surface area contributed by atoms with E-state index in [0.717, 1.165) is 5.69 Å². The molecule has 0 saturated heterocycles. The van der Waals surface area contributed by atoms with E-state index in [1.54, 1.807) is 24.4 Å². The number of aromatic nitrogens is 1. The van der Waals surface area contributed by atoms with Gasteiger partial charge in [-0.1, -0.05) is 17.7 Å². The van der Waals surface area contributed by atoms with Gasteiger partial charge in [-0.05, 0) is 30.3 Å². The smallest absolute Gasteiger partial charge is 0.251 e. The van der Waals surface area contributed by atoms with Crippen LogP contribution in [0.2, 0.25) is 5.02 Å². The summed E-state index contributed by atoms with van der Waals surface area (Å²) in [5.41, 5.74) is 7.50. The van der Waals surface area contributed by atoms with E-state index in [1.807, 2.05) is 18.2 Å². The number of carbonyl (C=O) groups excluding carboxylic acids is 1. The molecule has 0 aliphatic carbocycles. The molecule has 5 heteroatoms. The minimum atomic E-state index is -0.169. The van der Waals surface area contributed by atoms with Gasteiger partial charge in [-0.3, -0.25) is 9.78 Å². The molecule has 98 valence electrons. The monoisotopic (exact) mass is 275 g/mol. The molecule has 19 heavy (non-hydrogen) atoms. The summed E-state index contributed by atoms with van der Waals surface area (Å²) in [5.74, 6) is -0.169. The van der Waals surface area contributed by atoms with Crippen molar-refractivity contribution in [2.75, 3.05) is 12.3 Å². The van der Waals surface area contributed by atoms with Gasteiger partial charge < -0.3 is 11.1 Å². The lowest BCUT2D eigenvalue weighted by Gasteiger charge is -2.06. The van der Waals surface area contributed by atoms with Crippen LogP contribution in [0.4, 0.5) is 5.69 Å². The second-order valence-electron chi connectivity index (χ2n) is 4.06. The van der Waals surface area contributed by atoms with Gasteiger partial charge in [0.15, 0.2) is 0 Å². The van der Waals surface area contributed by atoms with Gasteiger partial charge in [0, 0.05) is 30.4 Å². The zero-order valence-corrected chi connectivity index (χ0v) is 11.0. The van der Waals surface area contributed by atoms with Crippen LogP contribution in [0.3, 0.4) is 0 Å².